The summed E-state index contributed by atoms with van der Waals surface area (Å²) in [4.78, 5) is 2.02. The molecule has 0 aromatic heterocycles. The zero-order chi connectivity index (χ0) is 17.5. The molecule has 3 rings (SSSR count). The van der Waals surface area contributed by atoms with Crippen LogP contribution in [0.5, 0.6) is 11.5 Å². The first-order valence-corrected chi connectivity index (χ1v) is 8.15. The van der Waals surface area contributed by atoms with Crippen LogP contribution in [0.25, 0.3) is 6.08 Å². The minimum atomic E-state index is -0.354. The number of aliphatic hydroxyl groups excluding tert-OH is 1. The van der Waals surface area contributed by atoms with E-state index in [9.17, 15) is 15.3 Å². The maximum atomic E-state index is 10.1. The Morgan fingerprint density at radius 1 is 1.17 bits per heavy atom. The Bertz CT molecular complexity index is 814. The van der Waals surface area contributed by atoms with E-state index in [0.717, 1.165) is 16.9 Å². The van der Waals surface area contributed by atoms with Gasteiger partial charge in [-0.25, -0.2) is 0 Å². The Labute approximate surface area is 146 Å². The van der Waals surface area contributed by atoms with Gasteiger partial charge in [0.15, 0.2) is 11.5 Å². The number of phenolic OH excluding ortho intramolecular Hbond substituents is 2. The number of benzene rings is 2. The third kappa shape index (κ3) is 2.62. The lowest BCUT2D eigenvalue weighted by Gasteiger charge is -2.27. The second-order valence-electron chi connectivity index (χ2n) is 6.41. The van der Waals surface area contributed by atoms with Gasteiger partial charge < -0.3 is 20.2 Å². The zero-order valence-corrected chi connectivity index (χ0v) is 14.4. The van der Waals surface area contributed by atoms with Gasteiger partial charge >= 0.3 is 0 Å². The quantitative estimate of drug-likeness (QED) is 0.739. The molecule has 1 aliphatic rings. The first-order chi connectivity index (χ1) is 11.4. The lowest BCUT2D eigenvalue weighted by molar-refractivity contribution is 0.304. The van der Waals surface area contributed by atoms with Gasteiger partial charge in [-0.1, -0.05) is 37.6 Å². The van der Waals surface area contributed by atoms with Gasteiger partial charge in [-0.3, -0.25) is 0 Å². The van der Waals surface area contributed by atoms with E-state index < -0.39 is 0 Å². The van der Waals surface area contributed by atoms with Crippen molar-refractivity contribution in [1.82, 2.24) is 0 Å². The third-order valence-electron chi connectivity index (χ3n) is 4.52. The zero-order valence-electron chi connectivity index (χ0n) is 13.6. The van der Waals surface area contributed by atoms with E-state index in [-0.39, 0.29) is 23.5 Å². The van der Waals surface area contributed by atoms with Gasteiger partial charge in [0.25, 0.3) is 0 Å². The number of aromatic hydroxyl groups is 2. The first kappa shape index (κ1) is 16.7. The predicted molar refractivity (Wildman–Crippen MR) is 96.7 cm³/mol. The summed E-state index contributed by atoms with van der Waals surface area (Å²) >= 11 is 6.17. The molecular formula is C19H20ClNO3. The van der Waals surface area contributed by atoms with Crippen LogP contribution in [0, 0.1) is 0 Å². The fraction of sp³-hybridized carbons (Fsp3) is 0.263. The maximum Gasteiger partial charge on any atom is 0.164 e. The molecule has 0 saturated heterocycles. The molecule has 2 aromatic rings. The number of aliphatic hydroxyl groups is 1. The number of halogens is 1. The van der Waals surface area contributed by atoms with Crippen molar-refractivity contribution in [2.75, 3.05) is 18.1 Å². The fourth-order valence-corrected chi connectivity index (χ4v) is 3.43. The third-order valence-corrected chi connectivity index (χ3v) is 4.75. The number of rotatable bonds is 3. The summed E-state index contributed by atoms with van der Waals surface area (Å²) in [6.45, 7) is 4.58. The van der Waals surface area contributed by atoms with E-state index in [1.54, 1.807) is 12.1 Å². The summed E-state index contributed by atoms with van der Waals surface area (Å²) in [7, 11) is 0. The van der Waals surface area contributed by atoms with Gasteiger partial charge in [0, 0.05) is 33.9 Å². The Balaban J connectivity index is 2.19. The average Bonchev–Trinajstić information content (AvgIpc) is 2.73. The number of β-amino-alcohol motifs (C(OH)–C–C–N with tert-alkyl or cyclic N) is 1. The molecule has 0 fully saturated rings. The smallest absolute Gasteiger partial charge is 0.164 e. The Morgan fingerprint density at radius 2 is 1.92 bits per heavy atom. The van der Waals surface area contributed by atoms with E-state index in [0.29, 0.717) is 17.1 Å². The van der Waals surface area contributed by atoms with Gasteiger partial charge in [0.2, 0.25) is 0 Å². The lowest BCUT2D eigenvalue weighted by Crippen LogP contribution is -2.28. The number of hydrogen-bond donors (Lipinski definition) is 3. The lowest BCUT2D eigenvalue weighted by atomic mass is 9.83. The van der Waals surface area contributed by atoms with Crippen LogP contribution in [0.4, 0.5) is 5.69 Å². The highest BCUT2D eigenvalue weighted by atomic mass is 35.5. The van der Waals surface area contributed by atoms with Gasteiger partial charge in [-0.15, -0.1) is 0 Å². The number of phenols is 2. The van der Waals surface area contributed by atoms with Crippen LogP contribution in [0.2, 0.25) is 5.02 Å². The number of allylic oxidation sites excluding steroid dienone is 1. The van der Waals surface area contributed by atoms with E-state index >= 15 is 0 Å². The Hall–Kier alpha value is -2.17. The second-order valence-corrected chi connectivity index (χ2v) is 6.84. The number of para-hydroxylation sites is 1. The molecule has 0 radical (unpaired) electrons. The average molecular weight is 346 g/mol. The van der Waals surface area contributed by atoms with E-state index in [4.69, 9.17) is 11.6 Å². The number of anilines is 1. The van der Waals surface area contributed by atoms with Crippen LogP contribution in [-0.4, -0.2) is 28.5 Å². The van der Waals surface area contributed by atoms with Crippen molar-refractivity contribution in [2.24, 2.45) is 0 Å². The van der Waals surface area contributed by atoms with Gasteiger partial charge in [0.1, 0.15) is 0 Å². The van der Waals surface area contributed by atoms with E-state index in [2.05, 4.69) is 13.8 Å². The van der Waals surface area contributed by atoms with Gasteiger partial charge in [-0.05, 0) is 35.9 Å². The molecule has 2 aromatic carbocycles. The monoisotopic (exact) mass is 345 g/mol. The Kier molecular flexibility index (Phi) is 4.20. The van der Waals surface area contributed by atoms with Crippen molar-refractivity contribution in [3.63, 3.8) is 0 Å². The summed E-state index contributed by atoms with van der Waals surface area (Å²) in [5, 5.41) is 30.0. The summed E-state index contributed by atoms with van der Waals surface area (Å²) in [6, 6.07) is 10.6. The molecule has 0 spiro atoms. The molecule has 0 aliphatic carbocycles. The van der Waals surface area contributed by atoms with Crippen molar-refractivity contribution in [1.29, 1.82) is 0 Å². The van der Waals surface area contributed by atoms with Crippen LogP contribution < -0.4 is 4.90 Å². The largest absolute Gasteiger partial charge is 0.504 e. The highest BCUT2D eigenvalue weighted by molar-refractivity contribution is 6.30. The minimum absolute atomic E-state index is 0.00150. The van der Waals surface area contributed by atoms with Gasteiger partial charge in [0.05, 0.1) is 6.61 Å². The first-order valence-electron chi connectivity index (χ1n) is 7.78. The molecule has 1 heterocycles. The maximum absolute atomic E-state index is 10.1. The fourth-order valence-electron chi connectivity index (χ4n) is 3.26. The molecule has 0 unspecified atom stereocenters. The minimum Gasteiger partial charge on any atom is -0.504 e. The molecule has 0 atom stereocenters. The topological polar surface area (TPSA) is 63.9 Å². The SMILES string of the molecule is CC1(C)/C(=C\c2cccc(O)c2O)N(CCO)c2ccc(Cl)cc21. The molecule has 126 valence electrons. The van der Waals surface area contributed by atoms with Crippen LogP contribution in [0.3, 0.4) is 0 Å². The summed E-state index contributed by atoms with van der Waals surface area (Å²) in [5.41, 5.74) is 3.15. The number of fused-ring (bicyclic) bond motifs is 1. The Morgan fingerprint density at radius 3 is 2.62 bits per heavy atom. The van der Waals surface area contributed by atoms with E-state index in [1.807, 2.05) is 29.2 Å². The molecular weight excluding hydrogens is 326 g/mol. The van der Waals surface area contributed by atoms with Crippen LogP contribution >= 0.6 is 11.6 Å². The normalized spacial score (nSPS) is 17.3. The molecule has 4 nitrogen and oxygen atoms in total. The predicted octanol–water partition coefficient (Wildman–Crippen LogP) is 3.88. The second kappa shape index (κ2) is 6.04. The highest BCUT2D eigenvalue weighted by Crippen LogP contribution is 2.49. The summed E-state index contributed by atoms with van der Waals surface area (Å²) in [6.07, 6.45) is 1.85. The molecule has 0 bridgehead atoms. The van der Waals surface area contributed by atoms with Crippen molar-refractivity contribution in [2.45, 2.75) is 19.3 Å². The van der Waals surface area contributed by atoms with Crippen LogP contribution in [0.1, 0.15) is 25.0 Å². The summed E-state index contributed by atoms with van der Waals surface area (Å²) in [5.74, 6) is -0.312. The van der Waals surface area contributed by atoms with Gasteiger partial charge in [-0.2, -0.15) is 0 Å². The van der Waals surface area contributed by atoms with Crippen LogP contribution in [0.15, 0.2) is 42.1 Å². The summed E-state index contributed by atoms with van der Waals surface area (Å²) < 4.78 is 0. The highest BCUT2D eigenvalue weighted by Gasteiger charge is 2.40. The van der Waals surface area contributed by atoms with Crippen molar-refractivity contribution >= 4 is 23.4 Å². The van der Waals surface area contributed by atoms with Crippen molar-refractivity contribution < 1.29 is 15.3 Å². The molecule has 1 aliphatic heterocycles. The molecule has 5 heteroatoms. The number of hydrogen-bond acceptors (Lipinski definition) is 4. The molecule has 3 N–H and O–H groups in total. The molecule has 0 saturated carbocycles. The molecule has 0 amide bonds. The van der Waals surface area contributed by atoms with Crippen molar-refractivity contribution in [3.05, 3.63) is 58.2 Å². The number of nitrogens with zero attached hydrogens (tertiary/aromatic N) is 1. The molecule has 24 heavy (non-hydrogen) atoms. The van der Waals surface area contributed by atoms with Crippen LogP contribution in [-0.2, 0) is 5.41 Å². The van der Waals surface area contributed by atoms with Crippen molar-refractivity contribution in [3.8, 4) is 11.5 Å². The standard InChI is InChI=1S/C19H20ClNO3/c1-19(2)14-11-13(20)6-7-15(14)21(8-9-22)17(19)10-12-4-3-5-16(23)18(12)24/h3-7,10-11,22-24H,8-9H2,1-2H3/b17-10+. The van der Waals surface area contributed by atoms with E-state index in [1.165, 1.54) is 6.07 Å².